The van der Waals surface area contributed by atoms with E-state index in [0.29, 0.717) is 24.6 Å². The van der Waals surface area contributed by atoms with Gasteiger partial charge in [0.15, 0.2) is 0 Å². The normalized spacial score (nSPS) is 13.6. The second-order valence-electron chi connectivity index (χ2n) is 7.57. The van der Waals surface area contributed by atoms with E-state index in [4.69, 9.17) is 0 Å². The SMILES string of the molecule is O=C(CCC(=O)NC1CCCC1)NCCSSCCNC(=O)CCn1cc(F)c(=O)[nH]c1=O. The number of aryl methyl sites for hydroxylation is 1. The largest absolute Gasteiger partial charge is 0.355 e. The first-order valence-electron chi connectivity index (χ1n) is 10.9. The molecule has 1 aliphatic rings. The summed E-state index contributed by atoms with van der Waals surface area (Å²) in [6.45, 7) is 0.883. The number of hydrogen-bond donors (Lipinski definition) is 4. The van der Waals surface area contributed by atoms with Crippen LogP contribution in [0.25, 0.3) is 0 Å². The van der Waals surface area contributed by atoms with Crippen LogP contribution in [-0.2, 0) is 20.9 Å². The van der Waals surface area contributed by atoms with Crippen LogP contribution in [0.15, 0.2) is 15.8 Å². The smallest absolute Gasteiger partial charge is 0.328 e. The summed E-state index contributed by atoms with van der Waals surface area (Å²) in [7, 11) is 3.10. The van der Waals surface area contributed by atoms with Gasteiger partial charge in [-0.2, -0.15) is 4.39 Å². The average Bonchev–Trinajstić information content (AvgIpc) is 3.28. The van der Waals surface area contributed by atoms with Gasteiger partial charge in [-0.05, 0) is 12.8 Å². The number of halogens is 1. The lowest BCUT2D eigenvalue weighted by Crippen LogP contribution is -2.34. The molecule has 0 unspecified atom stereocenters. The molecule has 1 aliphatic carbocycles. The zero-order valence-corrected chi connectivity index (χ0v) is 20.0. The Kier molecular flexibility index (Phi) is 12.1. The summed E-state index contributed by atoms with van der Waals surface area (Å²) in [5, 5.41) is 8.45. The molecule has 2 rings (SSSR count). The Labute approximate surface area is 198 Å². The van der Waals surface area contributed by atoms with Gasteiger partial charge in [0.1, 0.15) is 0 Å². The van der Waals surface area contributed by atoms with E-state index in [0.717, 1.165) is 36.4 Å². The van der Waals surface area contributed by atoms with Gasteiger partial charge in [0.05, 0.1) is 6.20 Å². The summed E-state index contributed by atoms with van der Waals surface area (Å²) in [6.07, 6.45) is 5.49. The van der Waals surface area contributed by atoms with Gasteiger partial charge in [-0.15, -0.1) is 0 Å². The topological polar surface area (TPSA) is 142 Å². The standard InChI is InChI=1S/C20H30FN5O5S2/c21-15-13-26(20(31)25-19(15)30)10-7-17(28)23-9-12-33-32-11-8-22-16(27)5-6-18(29)24-14-3-1-2-4-14/h13-14H,1-12H2,(H,22,27)(H,23,28)(H,24,29)(H,25,30,31). The quantitative estimate of drug-likeness (QED) is 0.214. The molecular weight excluding hydrogens is 473 g/mol. The fourth-order valence-corrected chi connectivity index (χ4v) is 5.04. The number of carbonyl (C=O) groups is 3. The first-order chi connectivity index (χ1) is 15.8. The molecule has 0 bridgehead atoms. The lowest BCUT2D eigenvalue weighted by atomic mass is 10.2. The van der Waals surface area contributed by atoms with Crippen molar-refractivity contribution in [1.82, 2.24) is 25.5 Å². The Balaban J connectivity index is 1.43. The molecule has 0 saturated heterocycles. The Morgan fingerprint density at radius 2 is 1.55 bits per heavy atom. The minimum absolute atomic E-state index is 0.0199. The monoisotopic (exact) mass is 503 g/mol. The Morgan fingerprint density at radius 3 is 2.18 bits per heavy atom. The van der Waals surface area contributed by atoms with Gasteiger partial charge in [-0.3, -0.25) is 28.7 Å². The van der Waals surface area contributed by atoms with Crippen molar-refractivity contribution in [2.75, 3.05) is 24.6 Å². The number of amides is 3. The predicted octanol–water partition coefficient (Wildman–Crippen LogP) is 0.519. The van der Waals surface area contributed by atoms with Crippen LogP contribution in [0.4, 0.5) is 4.39 Å². The maximum absolute atomic E-state index is 13.2. The fourth-order valence-electron chi connectivity index (χ4n) is 3.23. The van der Waals surface area contributed by atoms with Crippen LogP contribution in [0.1, 0.15) is 44.9 Å². The molecule has 0 radical (unpaired) electrons. The second kappa shape index (κ2) is 14.8. The first-order valence-corrected chi connectivity index (χ1v) is 13.4. The zero-order chi connectivity index (χ0) is 24.1. The van der Waals surface area contributed by atoms with Crippen LogP contribution in [0.3, 0.4) is 0 Å². The molecule has 13 heteroatoms. The number of rotatable bonds is 14. The van der Waals surface area contributed by atoms with E-state index in [1.54, 1.807) is 21.6 Å². The van der Waals surface area contributed by atoms with Crippen molar-refractivity contribution in [3.8, 4) is 0 Å². The third-order valence-corrected chi connectivity index (χ3v) is 7.35. The lowest BCUT2D eigenvalue weighted by molar-refractivity contribution is -0.126. The van der Waals surface area contributed by atoms with Gasteiger partial charge in [-0.25, -0.2) is 4.79 Å². The zero-order valence-electron chi connectivity index (χ0n) is 18.3. The number of H-pyrrole nitrogens is 1. The molecule has 1 saturated carbocycles. The molecule has 4 N–H and O–H groups in total. The van der Waals surface area contributed by atoms with Crippen molar-refractivity contribution in [2.45, 2.75) is 57.5 Å². The number of nitrogens with one attached hydrogen (secondary N) is 4. The summed E-state index contributed by atoms with van der Waals surface area (Å²) in [4.78, 5) is 59.8. The lowest BCUT2D eigenvalue weighted by Gasteiger charge is -2.11. The molecular formula is C20H30FN5O5S2. The summed E-state index contributed by atoms with van der Waals surface area (Å²) >= 11 is 0. The van der Waals surface area contributed by atoms with Crippen LogP contribution >= 0.6 is 21.6 Å². The van der Waals surface area contributed by atoms with Gasteiger partial charge >= 0.3 is 5.69 Å². The van der Waals surface area contributed by atoms with E-state index < -0.39 is 17.1 Å². The summed E-state index contributed by atoms with van der Waals surface area (Å²) in [6, 6.07) is 0.267. The minimum Gasteiger partial charge on any atom is -0.355 e. The predicted molar refractivity (Wildman–Crippen MR) is 126 cm³/mol. The van der Waals surface area contributed by atoms with Crippen molar-refractivity contribution in [1.29, 1.82) is 0 Å². The average molecular weight is 504 g/mol. The molecule has 184 valence electrons. The highest BCUT2D eigenvalue weighted by molar-refractivity contribution is 8.76. The molecule has 3 amide bonds. The summed E-state index contributed by atoms with van der Waals surface area (Å²) in [5.41, 5.74) is -1.85. The molecule has 1 aromatic rings. The Hall–Kier alpha value is -2.28. The molecule has 0 spiro atoms. The summed E-state index contributed by atoms with van der Waals surface area (Å²) in [5.74, 6) is -0.233. The van der Waals surface area contributed by atoms with Crippen molar-refractivity contribution in [3.63, 3.8) is 0 Å². The molecule has 10 nitrogen and oxygen atoms in total. The molecule has 0 aromatic carbocycles. The van der Waals surface area contributed by atoms with E-state index in [-0.39, 0.29) is 49.6 Å². The van der Waals surface area contributed by atoms with Crippen LogP contribution in [0.2, 0.25) is 0 Å². The van der Waals surface area contributed by atoms with Crippen molar-refractivity contribution in [2.24, 2.45) is 0 Å². The van der Waals surface area contributed by atoms with E-state index in [2.05, 4.69) is 16.0 Å². The fraction of sp³-hybridized carbons (Fsp3) is 0.650. The van der Waals surface area contributed by atoms with Gasteiger partial charge < -0.3 is 16.0 Å². The van der Waals surface area contributed by atoms with E-state index in [1.807, 2.05) is 4.98 Å². The van der Waals surface area contributed by atoms with E-state index >= 15 is 0 Å². The molecule has 33 heavy (non-hydrogen) atoms. The second-order valence-corrected chi connectivity index (χ2v) is 10.3. The van der Waals surface area contributed by atoms with E-state index in [9.17, 15) is 28.4 Å². The van der Waals surface area contributed by atoms with Gasteiger partial charge in [-0.1, -0.05) is 34.4 Å². The number of nitrogens with zero attached hydrogens (tertiary/aromatic N) is 1. The van der Waals surface area contributed by atoms with Crippen molar-refractivity contribution < 1.29 is 18.8 Å². The third kappa shape index (κ3) is 10.9. The Morgan fingerprint density at radius 1 is 0.970 bits per heavy atom. The van der Waals surface area contributed by atoms with Crippen LogP contribution < -0.4 is 27.2 Å². The highest BCUT2D eigenvalue weighted by atomic mass is 33.1. The van der Waals surface area contributed by atoms with Gasteiger partial charge in [0.25, 0.3) is 5.56 Å². The maximum atomic E-state index is 13.2. The minimum atomic E-state index is -1.09. The number of aromatic nitrogens is 2. The van der Waals surface area contributed by atoms with Crippen LogP contribution in [0.5, 0.6) is 0 Å². The molecule has 1 heterocycles. The molecule has 0 aliphatic heterocycles. The third-order valence-electron chi connectivity index (χ3n) is 4.95. The first kappa shape index (κ1) is 27.0. The molecule has 1 fully saturated rings. The number of hydrogen-bond acceptors (Lipinski definition) is 7. The highest BCUT2D eigenvalue weighted by Crippen LogP contribution is 2.19. The number of carbonyl (C=O) groups excluding carboxylic acids is 3. The summed E-state index contributed by atoms with van der Waals surface area (Å²) < 4.78 is 14.1. The highest BCUT2D eigenvalue weighted by Gasteiger charge is 2.17. The maximum Gasteiger partial charge on any atom is 0.328 e. The van der Waals surface area contributed by atoms with Crippen LogP contribution in [-0.4, -0.2) is 57.9 Å². The molecule has 0 atom stereocenters. The van der Waals surface area contributed by atoms with Crippen LogP contribution in [0, 0.1) is 5.82 Å². The Bertz CT molecular complexity index is 917. The van der Waals surface area contributed by atoms with Crippen molar-refractivity contribution in [3.05, 3.63) is 32.9 Å². The van der Waals surface area contributed by atoms with Gasteiger partial charge in [0, 0.05) is 56.4 Å². The van der Waals surface area contributed by atoms with Crippen molar-refractivity contribution >= 4 is 39.3 Å². The molecule has 1 aromatic heterocycles. The van der Waals surface area contributed by atoms with Gasteiger partial charge in [0.2, 0.25) is 23.5 Å². The van der Waals surface area contributed by atoms with E-state index in [1.165, 1.54) is 0 Å². The number of aromatic amines is 1.